The Kier molecular flexibility index (Phi) is 5.61. The molecule has 4 rings (SSSR count). The van der Waals surface area contributed by atoms with Gasteiger partial charge in [0.25, 0.3) is 5.91 Å². The fourth-order valence-electron chi connectivity index (χ4n) is 3.65. The number of nitrogens with zero attached hydrogens (tertiary/aromatic N) is 4. The smallest absolute Gasteiger partial charge is 0.260 e. The molecule has 2 heterocycles. The van der Waals surface area contributed by atoms with Crippen molar-refractivity contribution < 1.29 is 4.79 Å². The minimum atomic E-state index is -0.0404. The molecule has 0 radical (unpaired) electrons. The highest BCUT2D eigenvalue weighted by Gasteiger charge is 2.22. The number of benzene rings is 2. The molecular weight excluding hydrogens is 372 g/mol. The van der Waals surface area contributed by atoms with Gasteiger partial charge in [-0.2, -0.15) is 5.10 Å². The lowest BCUT2D eigenvalue weighted by atomic mass is 10.1. The van der Waals surface area contributed by atoms with Crippen LogP contribution >= 0.6 is 0 Å². The Labute approximate surface area is 177 Å². The summed E-state index contributed by atoms with van der Waals surface area (Å²) in [5.41, 5.74) is 4.23. The summed E-state index contributed by atoms with van der Waals surface area (Å²) in [5.74, 6) is -0.0404. The van der Waals surface area contributed by atoms with Gasteiger partial charge in [-0.1, -0.05) is 48.5 Å². The van der Waals surface area contributed by atoms with Crippen LogP contribution in [0.5, 0.6) is 0 Å². The molecule has 5 heteroatoms. The van der Waals surface area contributed by atoms with Gasteiger partial charge in [0.1, 0.15) is 0 Å². The van der Waals surface area contributed by atoms with E-state index in [1.54, 1.807) is 6.20 Å². The van der Waals surface area contributed by atoms with Gasteiger partial charge in [0.05, 0.1) is 17.5 Å². The molecule has 2 aromatic heterocycles. The molecule has 0 N–H and O–H groups in total. The number of anilines is 1. The third-order valence-corrected chi connectivity index (χ3v) is 5.26. The summed E-state index contributed by atoms with van der Waals surface area (Å²) in [6.45, 7) is 6.63. The monoisotopic (exact) mass is 398 g/mol. The number of aromatic nitrogens is 3. The van der Waals surface area contributed by atoms with Gasteiger partial charge in [0.2, 0.25) is 0 Å². The Morgan fingerprint density at radius 2 is 1.70 bits per heavy atom. The van der Waals surface area contributed by atoms with Crippen LogP contribution in [0.2, 0.25) is 0 Å². The average Bonchev–Trinajstić information content (AvgIpc) is 3.17. The molecule has 0 bridgehead atoms. The number of pyridine rings is 1. The number of hydrogen-bond donors (Lipinski definition) is 0. The Morgan fingerprint density at radius 3 is 2.37 bits per heavy atom. The quantitative estimate of drug-likeness (QED) is 0.448. The molecule has 5 nitrogen and oxygen atoms in total. The maximum atomic E-state index is 13.6. The fourth-order valence-corrected chi connectivity index (χ4v) is 3.65. The van der Waals surface area contributed by atoms with E-state index in [4.69, 9.17) is 4.98 Å². The zero-order valence-electron chi connectivity index (χ0n) is 17.6. The number of aryl methyl sites for hydroxylation is 1. The topological polar surface area (TPSA) is 51.0 Å². The maximum Gasteiger partial charge on any atom is 0.260 e. The van der Waals surface area contributed by atoms with Crippen LogP contribution in [0.25, 0.3) is 11.0 Å². The first kappa shape index (κ1) is 19.8. The highest BCUT2D eigenvalue weighted by atomic mass is 16.2. The minimum absolute atomic E-state index is 0.0404. The van der Waals surface area contributed by atoms with E-state index in [1.807, 2.05) is 71.1 Å². The molecule has 0 spiro atoms. The summed E-state index contributed by atoms with van der Waals surface area (Å²) in [6, 6.07) is 22.2. The molecule has 4 aromatic rings. The first-order valence-electron chi connectivity index (χ1n) is 10.3. The second kappa shape index (κ2) is 8.49. The van der Waals surface area contributed by atoms with E-state index in [0.29, 0.717) is 12.1 Å². The molecule has 152 valence electrons. The number of rotatable bonds is 6. The van der Waals surface area contributed by atoms with Crippen molar-refractivity contribution in [3.05, 3.63) is 89.7 Å². The Balaban J connectivity index is 1.70. The lowest BCUT2D eigenvalue weighted by Gasteiger charge is -2.24. The zero-order valence-corrected chi connectivity index (χ0v) is 17.6. The van der Waals surface area contributed by atoms with Crippen LogP contribution in [0.3, 0.4) is 0 Å². The van der Waals surface area contributed by atoms with E-state index in [9.17, 15) is 4.79 Å². The normalized spacial score (nSPS) is 11.2. The van der Waals surface area contributed by atoms with Crippen molar-refractivity contribution in [1.82, 2.24) is 14.8 Å². The molecule has 1 amide bonds. The highest BCUT2D eigenvalue weighted by Crippen LogP contribution is 2.23. The van der Waals surface area contributed by atoms with Crippen LogP contribution < -0.4 is 4.90 Å². The number of fused-ring (bicyclic) bond motifs is 1. The molecule has 0 saturated heterocycles. The third-order valence-electron chi connectivity index (χ3n) is 5.26. The number of para-hydroxylation sites is 1. The van der Waals surface area contributed by atoms with Gasteiger partial charge in [-0.05, 0) is 51.0 Å². The molecule has 0 aliphatic heterocycles. The molecule has 0 unspecified atom stereocenters. The summed E-state index contributed by atoms with van der Waals surface area (Å²) in [4.78, 5) is 20.2. The van der Waals surface area contributed by atoms with E-state index in [-0.39, 0.29) is 11.9 Å². The third kappa shape index (κ3) is 3.96. The Hall–Kier alpha value is -3.47. The molecular formula is C25H26N4O. The van der Waals surface area contributed by atoms with Gasteiger partial charge < -0.3 is 4.90 Å². The van der Waals surface area contributed by atoms with Crippen molar-refractivity contribution in [3.63, 3.8) is 0 Å². The number of carbonyl (C=O) groups excluding carboxylic acids is 1. The second-order valence-corrected chi connectivity index (χ2v) is 7.75. The molecule has 0 aliphatic carbocycles. The van der Waals surface area contributed by atoms with Gasteiger partial charge >= 0.3 is 0 Å². The predicted molar refractivity (Wildman–Crippen MR) is 121 cm³/mol. The summed E-state index contributed by atoms with van der Waals surface area (Å²) in [6.07, 6.45) is 2.57. The summed E-state index contributed by atoms with van der Waals surface area (Å²) in [7, 11) is 0. The average molecular weight is 399 g/mol. The van der Waals surface area contributed by atoms with Crippen molar-refractivity contribution in [1.29, 1.82) is 0 Å². The summed E-state index contributed by atoms with van der Waals surface area (Å²) >= 11 is 0. The van der Waals surface area contributed by atoms with Crippen molar-refractivity contribution in [2.24, 2.45) is 0 Å². The van der Waals surface area contributed by atoms with Gasteiger partial charge in [-0.3, -0.25) is 4.79 Å². The van der Waals surface area contributed by atoms with Crippen molar-refractivity contribution in [2.45, 2.75) is 33.2 Å². The fraction of sp³-hybridized carbons (Fsp3) is 0.240. The lowest BCUT2D eigenvalue weighted by molar-refractivity contribution is 0.0986. The van der Waals surface area contributed by atoms with Crippen LogP contribution in [0.15, 0.2) is 72.9 Å². The van der Waals surface area contributed by atoms with Crippen molar-refractivity contribution >= 4 is 22.6 Å². The summed E-state index contributed by atoms with van der Waals surface area (Å²) in [5, 5.41) is 5.33. The van der Waals surface area contributed by atoms with E-state index in [2.05, 4.69) is 31.1 Å². The molecule has 0 fully saturated rings. The van der Waals surface area contributed by atoms with Crippen LogP contribution in [-0.4, -0.2) is 27.2 Å². The number of hydrogen-bond acceptors (Lipinski definition) is 3. The minimum Gasteiger partial charge on any atom is -0.308 e. The van der Waals surface area contributed by atoms with Crippen LogP contribution in [0.4, 0.5) is 5.69 Å². The largest absolute Gasteiger partial charge is 0.308 e. The SMILES string of the molecule is Cc1nc2c(cnn2C(C)C)cc1C(=O)N(CCc1ccccc1)c1ccccc1. The summed E-state index contributed by atoms with van der Waals surface area (Å²) < 4.78 is 1.89. The zero-order chi connectivity index (χ0) is 21.1. The van der Waals surface area contributed by atoms with E-state index in [0.717, 1.165) is 28.8 Å². The van der Waals surface area contributed by atoms with Gasteiger partial charge in [-0.15, -0.1) is 0 Å². The van der Waals surface area contributed by atoms with E-state index in [1.165, 1.54) is 5.56 Å². The molecule has 0 atom stereocenters. The van der Waals surface area contributed by atoms with Crippen LogP contribution in [0.1, 0.15) is 41.5 Å². The Morgan fingerprint density at radius 1 is 1.03 bits per heavy atom. The second-order valence-electron chi connectivity index (χ2n) is 7.75. The van der Waals surface area contributed by atoms with Crippen molar-refractivity contribution in [3.8, 4) is 0 Å². The molecule has 30 heavy (non-hydrogen) atoms. The highest BCUT2D eigenvalue weighted by molar-refractivity contribution is 6.08. The van der Waals surface area contributed by atoms with Gasteiger partial charge in [0, 0.05) is 23.7 Å². The van der Waals surface area contributed by atoms with Gasteiger partial charge in [-0.25, -0.2) is 9.67 Å². The van der Waals surface area contributed by atoms with E-state index >= 15 is 0 Å². The maximum absolute atomic E-state index is 13.6. The van der Waals surface area contributed by atoms with Crippen LogP contribution in [-0.2, 0) is 6.42 Å². The number of amides is 1. The van der Waals surface area contributed by atoms with Crippen molar-refractivity contribution in [2.75, 3.05) is 11.4 Å². The molecule has 0 aliphatic rings. The van der Waals surface area contributed by atoms with E-state index < -0.39 is 0 Å². The lowest BCUT2D eigenvalue weighted by Crippen LogP contribution is -2.33. The molecule has 0 saturated carbocycles. The molecule has 2 aromatic carbocycles. The first-order valence-corrected chi connectivity index (χ1v) is 10.3. The van der Waals surface area contributed by atoms with Crippen LogP contribution in [0, 0.1) is 6.92 Å². The number of carbonyl (C=O) groups is 1. The standard InChI is InChI=1S/C25H26N4O/c1-18(2)29-24-21(17-26-29)16-23(19(3)27-24)25(30)28(22-12-8-5-9-13-22)15-14-20-10-6-4-7-11-20/h4-13,16-18H,14-15H2,1-3H3. The predicted octanol–water partition coefficient (Wildman–Crippen LogP) is 5.21. The first-order chi connectivity index (χ1) is 14.5. The van der Waals surface area contributed by atoms with Gasteiger partial charge in [0.15, 0.2) is 5.65 Å². The Bertz CT molecular complexity index is 1150.